The lowest BCUT2D eigenvalue weighted by Gasteiger charge is -2.25. The number of piperidine rings is 1. The maximum atomic E-state index is 12.5. The molecule has 1 aliphatic heterocycles. The second-order valence-corrected chi connectivity index (χ2v) is 4.61. The number of alkyl halides is 3. The average Bonchev–Trinajstić information content (AvgIpc) is 2.29. The lowest BCUT2D eigenvalue weighted by atomic mass is 9.88. The average molecular weight is 243 g/mol. The van der Waals surface area contributed by atoms with Gasteiger partial charge in [-0.1, -0.05) is 6.07 Å². The topological polar surface area (TPSA) is 12.0 Å². The summed E-state index contributed by atoms with van der Waals surface area (Å²) in [4.78, 5) is 0. The molecule has 0 aliphatic carbocycles. The maximum absolute atomic E-state index is 12.5. The molecule has 1 saturated heterocycles. The maximum Gasteiger partial charge on any atom is 0.416 e. The van der Waals surface area contributed by atoms with Crippen molar-refractivity contribution in [3.8, 4) is 0 Å². The zero-order chi connectivity index (χ0) is 12.5. The van der Waals surface area contributed by atoms with E-state index < -0.39 is 11.7 Å². The van der Waals surface area contributed by atoms with Crippen LogP contribution in [0.2, 0.25) is 0 Å². The molecular weight excluding hydrogens is 227 g/mol. The largest absolute Gasteiger partial charge is 0.416 e. The summed E-state index contributed by atoms with van der Waals surface area (Å²) >= 11 is 0. The molecule has 0 bridgehead atoms. The van der Waals surface area contributed by atoms with Gasteiger partial charge in [-0.3, -0.25) is 0 Å². The first-order valence-corrected chi connectivity index (χ1v) is 5.87. The van der Waals surface area contributed by atoms with Gasteiger partial charge in [-0.25, -0.2) is 0 Å². The quantitative estimate of drug-likeness (QED) is 0.796. The van der Waals surface area contributed by atoms with E-state index in [1.165, 1.54) is 12.1 Å². The van der Waals surface area contributed by atoms with Crippen LogP contribution < -0.4 is 5.32 Å². The van der Waals surface area contributed by atoms with Gasteiger partial charge < -0.3 is 5.32 Å². The molecule has 4 heteroatoms. The van der Waals surface area contributed by atoms with Crippen molar-refractivity contribution in [1.82, 2.24) is 5.32 Å². The van der Waals surface area contributed by atoms with Crippen LogP contribution in [-0.2, 0) is 6.18 Å². The SMILES string of the molecule is Cc1cc(C(F)(F)F)ccc1C1CCCNC1. The molecule has 1 aliphatic rings. The highest BCUT2D eigenvalue weighted by Crippen LogP contribution is 2.33. The van der Waals surface area contributed by atoms with E-state index in [-0.39, 0.29) is 0 Å². The molecule has 1 atom stereocenters. The van der Waals surface area contributed by atoms with E-state index in [1.807, 2.05) is 0 Å². The van der Waals surface area contributed by atoms with E-state index in [9.17, 15) is 13.2 Å². The lowest BCUT2D eigenvalue weighted by Crippen LogP contribution is -2.28. The molecule has 1 nitrogen and oxygen atoms in total. The molecule has 0 aromatic heterocycles. The van der Waals surface area contributed by atoms with Crippen LogP contribution in [0, 0.1) is 6.92 Å². The van der Waals surface area contributed by atoms with Crippen molar-refractivity contribution in [3.63, 3.8) is 0 Å². The zero-order valence-electron chi connectivity index (χ0n) is 9.77. The number of halogens is 3. The summed E-state index contributed by atoms with van der Waals surface area (Å²) in [5.74, 6) is 0.353. The Balaban J connectivity index is 2.25. The fraction of sp³-hybridized carbons (Fsp3) is 0.538. The third-order valence-electron chi connectivity index (χ3n) is 3.33. The first-order valence-electron chi connectivity index (χ1n) is 5.87. The molecule has 0 spiro atoms. The van der Waals surface area contributed by atoms with Crippen LogP contribution >= 0.6 is 0 Å². The van der Waals surface area contributed by atoms with E-state index >= 15 is 0 Å². The number of hydrogen-bond donors (Lipinski definition) is 1. The fourth-order valence-electron chi connectivity index (χ4n) is 2.43. The Morgan fingerprint density at radius 1 is 1.29 bits per heavy atom. The van der Waals surface area contributed by atoms with Crippen LogP contribution in [0.15, 0.2) is 18.2 Å². The molecule has 94 valence electrons. The zero-order valence-corrected chi connectivity index (χ0v) is 9.77. The van der Waals surface area contributed by atoms with Crippen LogP contribution in [-0.4, -0.2) is 13.1 Å². The molecule has 0 amide bonds. The molecule has 2 rings (SSSR count). The highest BCUT2D eigenvalue weighted by molar-refractivity contribution is 5.35. The second-order valence-electron chi connectivity index (χ2n) is 4.61. The Morgan fingerprint density at radius 2 is 2.06 bits per heavy atom. The van der Waals surface area contributed by atoms with E-state index in [1.54, 1.807) is 13.0 Å². The van der Waals surface area contributed by atoms with Crippen molar-refractivity contribution < 1.29 is 13.2 Å². The van der Waals surface area contributed by atoms with Gasteiger partial charge in [0.2, 0.25) is 0 Å². The smallest absolute Gasteiger partial charge is 0.316 e. The Morgan fingerprint density at radius 3 is 2.59 bits per heavy atom. The van der Waals surface area contributed by atoms with Gasteiger partial charge >= 0.3 is 6.18 Å². The molecule has 17 heavy (non-hydrogen) atoms. The van der Waals surface area contributed by atoms with Crippen LogP contribution in [0.1, 0.15) is 35.4 Å². The van der Waals surface area contributed by atoms with Crippen molar-refractivity contribution in [2.45, 2.75) is 31.9 Å². The van der Waals surface area contributed by atoms with Gasteiger partial charge in [0.05, 0.1) is 5.56 Å². The Labute approximate surface area is 99.0 Å². The molecule has 1 N–H and O–H groups in total. The van der Waals surface area contributed by atoms with E-state index in [2.05, 4.69) is 5.32 Å². The summed E-state index contributed by atoms with van der Waals surface area (Å²) in [5, 5.41) is 3.28. The summed E-state index contributed by atoms with van der Waals surface area (Å²) in [6.45, 7) is 3.64. The fourth-order valence-corrected chi connectivity index (χ4v) is 2.43. The van der Waals surface area contributed by atoms with Crippen LogP contribution in [0.25, 0.3) is 0 Å². The monoisotopic (exact) mass is 243 g/mol. The molecule has 0 radical (unpaired) electrons. The summed E-state index contributed by atoms with van der Waals surface area (Å²) in [6.07, 6.45) is -2.10. The van der Waals surface area contributed by atoms with E-state index in [4.69, 9.17) is 0 Å². The van der Waals surface area contributed by atoms with Gasteiger partial charge in [-0.15, -0.1) is 0 Å². The van der Waals surface area contributed by atoms with Crippen molar-refractivity contribution in [1.29, 1.82) is 0 Å². The molecule has 0 saturated carbocycles. The number of nitrogens with one attached hydrogen (secondary N) is 1. The predicted molar refractivity (Wildman–Crippen MR) is 61.0 cm³/mol. The predicted octanol–water partition coefficient (Wildman–Crippen LogP) is 3.48. The number of rotatable bonds is 1. The van der Waals surface area contributed by atoms with Crippen LogP contribution in [0.3, 0.4) is 0 Å². The molecular formula is C13H16F3N. The van der Waals surface area contributed by atoms with Crippen molar-refractivity contribution in [2.75, 3.05) is 13.1 Å². The molecule has 1 heterocycles. The van der Waals surface area contributed by atoms with E-state index in [0.717, 1.165) is 37.1 Å². The van der Waals surface area contributed by atoms with Crippen molar-refractivity contribution in [2.24, 2.45) is 0 Å². The summed E-state index contributed by atoms with van der Waals surface area (Å²) in [7, 11) is 0. The Hall–Kier alpha value is -1.03. The number of benzene rings is 1. The third-order valence-corrected chi connectivity index (χ3v) is 3.33. The third kappa shape index (κ3) is 2.80. The normalized spacial score (nSPS) is 21.5. The minimum absolute atomic E-state index is 0.353. The van der Waals surface area contributed by atoms with Gasteiger partial charge in [0, 0.05) is 6.54 Å². The highest BCUT2D eigenvalue weighted by atomic mass is 19.4. The minimum atomic E-state index is -4.24. The summed E-state index contributed by atoms with van der Waals surface area (Å²) in [5.41, 5.74) is 1.24. The van der Waals surface area contributed by atoms with Crippen LogP contribution in [0.4, 0.5) is 13.2 Å². The van der Waals surface area contributed by atoms with Gasteiger partial charge in [-0.05, 0) is 55.5 Å². The second kappa shape index (κ2) is 4.69. The highest BCUT2D eigenvalue weighted by Gasteiger charge is 2.31. The standard InChI is InChI=1S/C13H16F3N/c1-9-7-11(13(14,15)16)4-5-12(9)10-3-2-6-17-8-10/h4-5,7,10,17H,2-3,6,8H2,1H3. The number of hydrogen-bond acceptors (Lipinski definition) is 1. The van der Waals surface area contributed by atoms with Gasteiger partial charge in [0.1, 0.15) is 0 Å². The molecule has 1 fully saturated rings. The molecule has 1 aromatic rings. The minimum Gasteiger partial charge on any atom is -0.316 e. The summed E-state index contributed by atoms with van der Waals surface area (Å²) < 4.78 is 37.6. The molecule has 1 unspecified atom stereocenters. The van der Waals surface area contributed by atoms with Crippen molar-refractivity contribution >= 4 is 0 Å². The summed E-state index contributed by atoms with van der Waals surface area (Å²) in [6, 6.07) is 4.08. The Bertz CT molecular complexity index is 392. The first kappa shape index (κ1) is 12.4. The van der Waals surface area contributed by atoms with Gasteiger partial charge in [0.15, 0.2) is 0 Å². The van der Waals surface area contributed by atoms with Crippen molar-refractivity contribution in [3.05, 3.63) is 34.9 Å². The number of aryl methyl sites for hydroxylation is 1. The lowest BCUT2D eigenvalue weighted by molar-refractivity contribution is -0.137. The molecule has 1 aromatic carbocycles. The van der Waals surface area contributed by atoms with Gasteiger partial charge in [0.25, 0.3) is 0 Å². The van der Waals surface area contributed by atoms with E-state index in [0.29, 0.717) is 5.92 Å². The first-order chi connectivity index (χ1) is 7.98. The Kier molecular flexibility index (Phi) is 3.43. The van der Waals surface area contributed by atoms with Crippen LogP contribution in [0.5, 0.6) is 0 Å². The van der Waals surface area contributed by atoms with Gasteiger partial charge in [-0.2, -0.15) is 13.2 Å².